The van der Waals surface area contributed by atoms with Crippen molar-refractivity contribution in [3.05, 3.63) is 11.7 Å². The van der Waals surface area contributed by atoms with Crippen LogP contribution in [0.25, 0.3) is 0 Å². The summed E-state index contributed by atoms with van der Waals surface area (Å²) in [6.45, 7) is 3.90. The lowest BCUT2D eigenvalue weighted by Gasteiger charge is -2.05. The Bertz CT molecular complexity index is 251. The van der Waals surface area contributed by atoms with Gasteiger partial charge in [0.2, 0.25) is 5.89 Å². The van der Waals surface area contributed by atoms with E-state index in [0.717, 1.165) is 17.9 Å². The van der Waals surface area contributed by atoms with E-state index in [1.807, 2.05) is 6.92 Å². The molecule has 74 valence electrons. The molecule has 0 saturated heterocycles. The van der Waals surface area contributed by atoms with Crippen molar-refractivity contribution in [1.29, 1.82) is 0 Å². The summed E-state index contributed by atoms with van der Waals surface area (Å²) in [4.78, 5) is 4.09. The molecule has 0 aliphatic heterocycles. The zero-order valence-electron chi connectivity index (χ0n) is 7.99. The predicted octanol–water partition coefficient (Wildman–Crippen LogP) is 1.35. The minimum atomic E-state index is 0.272. The molecule has 0 saturated carbocycles. The molecule has 1 unspecified atom stereocenters. The van der Waals surface area contributed by atoms with Gasteiger partial charge in [-0.05, 0) is 13.3 Å². The Kier molecular flexibility index (Phi) is 4.24. The molecule has 0 radical (unpaired) electrons. The van der Waals surface area contributed by atoms with Crippen molar-refractivity contribution < 1.29 is 4.52 Å². The van der Waals surface area contributed by atoms with Gasteiger partial charge in [-0.15, -0.1) is 0 Å². The van der Waals surface area contributed by atoms with E-state index in [1.165, 1.54) is 0 Å². The van der Waals surface area contributed by atoms with Gasteiger partial charge in [0.1, 0.15) is 0 Å². The second-order valence-corrected chi connectivity index (χ2v) is 3.95. The molecule has 1 heterocycles. The summed E-state index contributed by atoms with van der Waals surface area (Å²) in [6.07, 6.45) is 1.01. The van der Waals surface area contributed by atoms with E-state index in [4.69, 9.17) is 10.3 Å². The summed E-state index contributed by atoms with van der Waals surface area (Å²) in [5.74, 6) is 3.08. The van der Waals surface area contributed by atoms with Crippen molar-refractivity contribution >= 4 is 11.8 Å². The van der Waals surface area contributed by atoms with Crippen LogP contribution >= 0.6 is 11.8 Å². The van der Waals surface area contributed by atoms with Crippen LogP contribution in [0.2, 0.25) is 0 Å². The predicted molar refractivity (Wildman–Crippen MR) is 53.5 cm³/mol. The van der Waals surface area contributed by atoms with Crippen molar-refractivity contribution in [2.24, 2.45) is 5.73 Å². The fourth-order valence-corrected chi connectivity index (χ4v) is 1.76. The number of hydrogen-bond donors (Lipinski definition) is 1. The highest BCUT2D eigenvalue weighted by Crippen LogP contribution is 2.11. The van der Waals surface area contributed by atoms with Gasteiger partial charge in [-0.1, -0.05) is 12.1 Å². The molecule has 1 rings (SSSR count). The van der Waals surface area contributed by atoms with Gasteiger partial charge >= 0.3 is 0 Å². The van der Waals surface area contributed by atoms with Crippen LogP contribution in [0, 0.1) is 6.92 Å². The fraction of sp³-hybridized carbons (Fsp3) is 0.750. The zero-order valence-corrected chi connectivity index (χ0v) is 8.80. The molecule has 1 aromatic rings. The second kappa shape index (κ2) is 5.24. The normalized spacial score (nSPS) is 13.2. The largest absolute Gasteiger partial charge is 0.338 e. The van der Waals surface area contributed by atoms with Crippen molar-refractivity contribution in [3.8, 4) is 0 Å². The topological polar surface area (TPSA) is 64.9 Å². The Hall–Kier alpha value is -0.550. The maximum absolute atomic E-state index is 5.75. The molecule has 0 aliphatic rings. The van der Waals surface area contributed by atoms with Crippen molar-refractivity contribution in [3.63, 3.8) is 0 Å². The first-order chi connectivity index (χ1) is 6.22. The van der Waals surface area contributed by atoms with E-state index in [1.54, 1.807) is 11.8 Å². The Morgan fingerprint density at radius 3 is 2.92 bits per heavy atom. The molecule has 0 spiro atoms. The summed E-state index contributed by atoms with van der Waals surface area (Å²) in [5.41, 5.74) is 5.75. The van der Waals surface area contributed by atoms with Crippen LogP contribution in [0.1, 0.15) is 25.1 Å². The quantitative estimate of drug-likeness (QED) is 0.779. The van der Waals surface area contributed by atoms with Crippen LogP contribution < -0.4 is 5.73 Å². The Balaban J connectivity index is 2.20. The molecule has 0 amide bonds. The van der Waals surface area contributed by atoms with Gasteiger partial charge in [0, 0.05) is 11.8 Å². The summed E-state index contributed by atoms with van der Waals surface area (Å²) in [5, 5.41) is 3.70. The first-order valence-electron chi connectivity index (χ1n) is 4.35. The average molecular weight is 201 g/mol. The monoisotopic (exact) mass is 201 g/mol. The molecule has 0 aromatic carbocycles. The highest BCUT2D eigenvalue weighted by molar-refractivity contribution is 7.98. The molecule has 13 heavy (non-hydrogen) atoms. The molecule has 4 nitrogen and oxygen atoms in total. The fourth-order valence-electron chi connectivity index (χ4n) is 0.814. The van der Waals surface area contributed by atoms with E-state index in [0.29, 0.717) is 11.7 Å². The third kappa shape index (κ3) is 3.78. The van der Waals surface area contributed by atoms with Crippen LogP contribution in [0.15, 0.2) is 4.52 Å². The number of hydrogen-bond acceptors (Lipinski definition) is 5. The van der Waals surface area contributed by atoms with Crippen molar-refractivity contribution in [2.75, 3.05) is 5.75 Å². The van der Waals surface area contributed by atoms with Crippen LogP contribution in [-0.2, 0) is 5.75 Å². The third-order valence-corrected chi connectivity index (χ3v) is 2.77. The first kappa shape index (κ1) is 10.5. The standard InChI is InChI=1S/C8H15N3OS/c1-3-7(9)4-13-5-8-10-6(2)11-12-8/h7H,3-5,9H2,1-2H3. The van der Waals surface area contributed by atoms with Crippen LogP contribution in [0.3, 0.4) is 0 Å². The van der Waals surface area contributed by atoms with E-state index >= 15 is 0 Å². The average Bonchev–Trinajstić information content (AvgIpc) is 2.51. The maximum Gasteiger partial charge on any atom is 0.236 e. The molecular formula is C8H15N3OS. The lowest BCUT2D eigenvalue weighted by Crippen LogP contribution is -2.21. The van der Waals surface area contributed by atoms with Gasteiger partial charge in [-0.2, -0.15) is 16.7 Å². The minimum absolute atomic E-state index is 0.272. The minimum Gasteiger partial charge on any atom is -0.338 e. The van der Waals surface area contributed by atoms with Crippen molar-refractivity contribution in [2.45, 2.75) is 32.1 Å². The highest BCUT2D eigenvalue weighted by Gasteiger charge is 2.04. The summed E-state index contributed by atoms with van der Waals surface area (Å²) in [7, 11) is 0. The summed E-state index contributed by atoms with van der Waals surface area (Å²) < 4.78 is 4.96. The van der Waals surface area contributed by atoms with Crippen LogP contribution in [-0.4, -0.2) is 21.9 Å². The smallest absolute Gasteiger partial charge is 0.236 e. The number of nitrogens with two attached hydrogens (primary N) is 1. The number of nitrogens with zero attached hydrogens (tertiary/aromatic N) is 2. The molecule has 1 atom stereocenters. The Labute approximate surface area is 82.3 Å². The third-order valence-electron chi connectivity index (χ3n) is 1.65. The molecular weight excluding hydrogens is 186 g/mol. The molecule has 5 heteroatoms. The lowest BCUT2D eigenvalue weighted by molar-refractivity contribution is 0.387. The van der Waals surface area contributed by atoms with E-state index < -0.39 is 0 Å². The second-order valence-electron chi connectivity index (χ2n) is 2.92. The number of aryl methyl sites for hydroxylation is 1. The number of rotatable bonds is 5. The first-order valence-corrected chi connectivity index (χ1v) is 5.50. The zero-order chi connectivity index (χ0) is 9.68. The van der Waals surface area contributed by atoms with E-state index in [9.17, 15) is 0 Å². The van der Waals surface area contributed by atoms with Gasteiger partial charge in [0.05, 0.1) is 5.75 Å². The maximum atomic E-state index is 5.75. The lowest BCUT2D eigenvalue weighted by atomic mass is 10.3. The van der Waals surface area contributed by atoms with Gasteiger partial charge in [-0.25, -0.2) is 0 Å². The number of thioether (sulfide) groups is 1. The van der Waals surface area contributed by atoms with Crippen molar-refractivity contribution in [1.82, 2.24) is 10.1 Å². The van der Waals surface area contributed by atoms with Gasteiger partial charge in [0.15, 0.2) is 5.82 Å². The van der Waals surface area contributed by atoms with E-state index in [-0.39, 0.29) is 6.04 Å². The molecule has 0 fully saturated rings. The summed E-state index contributed by atoms with van der Waals surface area (Å²) in [6, 6.07) is 0.272. The van der Waals surface area contributed by atoms with Crippen LogP contribution in [0.5, 0.6) is 0 Å². The highest BCUT2D eigenvalue weighted by atomic mass is 32.2. The Morgan fingerprint density at radius 2 is 2.38 bits per heavy atom. The van der Waals surface area contributed by atoms with Gasteiger partial charge in [-0.3, -0.25) is 0 Å². The van der Waals surface area contributed by atoms with E-state index in [2.05, 4.69) is 17.1 Å². The molecule has 2 N–H and O–H groups in total. The molecule has 0 bridgehead atoms. The van der Waals surface area contributed by atoms with Gasteiger partial charge in [0.25, 0.3) is 0 Å². The molecule has 1 aromatic heterocycles. The van der Waals surface area contributed by atoms with Gasteiger partial charge < -0.3 is 10.3 Å². The van der Waals surface area contributed by atoms with Crippen LogP contribution in [0.4, 0.5) is 0 Å². The molecule has 0 aliphatic carbocycles. The number of aromatic nitrogens is 2. The summed E-state index contributed by atoms with van der Waals surface area (Å²) >= 11 is 1.73. The SMILES string of the molecule is CCC(N)CSCc1nc(C)no1. The Morgan fingerprint density at radius 1 is 1.62 bits per heavy atom.